The first kappa shape index (κ1) is 16.1. The van der Waals surface area contributed by atoms with Crippen LogP contribution in [-0.2, 0) is 10.0 Å². The lowest BCUT2D eigenvalue weighted by atomic mass is 10.1. The van der Waals surface area contributed by atoms with Gasteiger partial charge in [0.05, 0.1) is 4.90 Å². The molecule has 0 aliphatic rings. The number of anilines is 2. The van der Waals surface area contributed by atoms with E-state index in [-0.39, 0.29) is 4.90 Å². The normalized spacial score (nSPS) is 11.5. The molecule has 108 valence electrons. The van der Waals surface area contributed by atoms with Gasteiger partial charge in [-0.25, -0.2) is 13.6 Å². The van der Waals surface area contributed by atoms with Crippen LogP contribution in [0.5, 0.6) is 0 Å². The van der Waals surface area contributed by atoms with Gasteiger partial charge in [0.25, 0.3) is 0 Å². The Hall–Kier alpha value is -0.920. The molecule has 0 radical (unpaired) electrons. The molecule has 1 aromatic carbocycles. The van der Waals surface area contributed by atoms with Gasteiger partial charge in [0.1, 0.15) is 0 Å². The maximum Gasteiger partial charge on any atom is 0.238 e. The van der Waals surface area contributed by atoms with E-state index in [4.69, 9.17) is 10.9 Å². The predicted octanol–water partition coefficient (Wildman–Crippen LogP) is 1.78. The summed E-state index contributed by atoms with van der Waals surface area (Å²) in [6.07, 6.45) is 4.23. The van der Waals surface area contributed by atoms with Crippen molar-refractivity contribution in [3.8, 4) is 0 Å². The molecule has 5 N–H and O–H groups in total. The molecule has 0 amide bonds. The second-order valence-electron chi connectivity index (χ2n) is 4.36. The second-order valence-corrected chi connectivity index (χ2v) is 6.88. The Balaban J connectivity index is 2.82. The summed E-state index contributed by atoms with van der Waals surface area (Å²) in [6, 6.07) is 3.13. The Bertz CT molecular complexity index is 530. The average molecular weight is 303 g/mol. The van der Waals surface area contributed by atoms with E-state index < -0.39 is 10.0 Å². The summed E-state index contributed by atoms with van der Waals surface area (Å²) < 4.78 is 22.9. The van der Waals surface area contributed by atoms with Crippen LogP contribution in [0, 0.1) is 6.92 Å². The number of primary sulfonamides is 1. The molecule has 0 atom stereocenters. The average Bonchev–Trinajstić information content (AvgIpc) is 2.31. The van der Waals surface area contributed by atoms with Crippen molar-refractivity contribution in [2.75, 3.05) is 29.6 Å². The maximum atomic E-state index is 11.5. The number of thioether (sulfide) groups is 1. The van der Waals surface area contributed by atoms with Gasteiger partial charge in [-0.2, -0.15) is 11.8 Å². The predicted molar refractivity (Wildman–Crippen MR) is 83.1 cm³/mol. The number of hydrogen-bond donors (Lipinski definition) is 3. The molecule has 0 bridgehead atoms. The minimum Gasteiger partial charge on any atom is -0.399 e. The van der Waals surface area contributed by atoms with Crippen LogP contribution in [0.2, 0.25) is 0 Å². The number of rotatable bonds is 7. The van der Waals surface area contributed by atoms with Crippen LogP contribution in [0.4, 0.5) is 11.4 Å². The van der Waals surface area contributed by atoms with Crippen molar-refractivity contribution in [1.29, 1.82) is 0 Å². The van der Waals surface area contributed by atoms with Crippen molar-refractivity contribution in [2.24, 2.45) is 5.14 Å². The van der Waals surface area contributed by atoms with Crippen LogP contribution in [0.1, 0.15) is 18.4 Å². The van der Waals surface area contributed by atoms with Crippen LogP contribution in [-0.4, -0.2) is 27.0 Å². The molecule has 0 saturated heterocycles. The largest absolute Gasteiger partial charge is 0.399 e. The van der Waals surface area contributed by atoms with Gasteiger partial charge in [-0.15, -0.1) is 0 Å². The molecular formula is C12H21N3O2S2. The summed E-state index contributed by atoms with van der Waals surface area (Å²) in [5.41, 5.74) is 7.45. The Morgan fingerprint density at radius 3 is 2.58 bits per heavy atom. The van der Waals surface area contributed by atoms with Crippen LogP contribution in [0.3, 0.4) is 0 Å². The summed E-state index contributed by atoms with van der Waals surface area (Å²) in [6.45, 7) is 2.51. The molecule has 0 aliphatic heterocycles. The number of unbranched alkanes of at least 4 members (excludes halogenated alkanes) is 1. The Morgan fingerprint density at radius 1 is 1.32 bits per heavy atom. The number of hydrogen-bond acceptors (Lipinski definition) is 5. The first-order valence-corrected chi connectivity index (χ1v) is 8.96. The third-order valence-corrected chi connectivity index (χ3v) is 4.51. The zero-order valence-electron chi connectivity index (χ0n) is 11.3. The van der Waals surface area contributed by atoms with Crippen LogP contribution < -0.4 is 16.2 Å². The number of nitrogens with one attached hydrogen (secondary N) is 1. The number of sulfonamides is 1. The molecule has 5 nitrogen and oxygen atoms in total. The maximum absolute atomic E-state index is 11.5. The molecule has 1 rings (SSSR count). The fraction of sp³-hybridized carbons (Fsp3) is 0.500. The smallest absolute Gasteiger partial charge is 0.238 e. The lowest BCUT2D eigenvalue weighted by Gasteiger charge is -2.13. The molecule has 7 heteroatoms. The van der Waals surface area contributed by atoms with Gasteiger partial charge in [0, 0.05) is 17.9 Å². The van der Waals surface area contributed by atoms with E-state index in [0.29, 0.717) is 11.3 Å². The summed E-state index contributed by atoms with van der Waals surface area (Å²) in [5.74, 6) is 1.13. The van der Waals surface area contributed by atoms with Crippen LogP contribution in [0.25, 0.3) is 0 Å². The van der Waals surface area contributed by atoms with Gasteiger partial charge in [-0.05, 0) is 49.5 Å². The minimum atomic E-state index is -3.74. The van der Waals surface area contributed by atoms with Crippen molar-refractivity contribution < 1.29 is 8.42 Å². The van der Waals surface area contributed by atoms with Gasteiger partial charge in [-0.3, -0.25) is 0 Å². The molecular weight excluding hydrogens is 282 g/mol. The van der Waals surface area contributed by atoms with Gasteiger partial charge in [0.15, 0.2) is 0 Å². The number of benzene rings is 1. The molecule has 0 saturated carbocycles. The van der Waals surface area contributed by atoms with Gasteiger partial charge in [-0.1, -0.05) is 0 Å². The van der Waals surface area contributed by atoms with E-state index in [1.54, 1.807) is 13.0 Å². The Labute approximate surface area is 119 Å². The molecule has 0 spiro atoms. The quantitative estimate of drug-likeness (QED) is 0.527. The standard InChI is InChI=1S/C12H21N3O2S2/c1-9-11(15-5-3-4-6-18-2)7-10(13)8-12(9)19(14,16)17/h7-8,15H,3-6,13H2,1-2H3,(H2,14,16,17). The van der Waals surface area contributed by atoms with Crippen molar-refractivity contribution in [1.82, 2.24) is 0 Å². The van der Waals surface area contributed by atoms with Crippen molar-refractivity contribution >= 4 is 33.2 Å². The highest BCUT2D eigenvalue weighted by Crippen LogP contribution is 2.26. The van der Waals surface area contributed by atoms with Crippen molar-refractivity contribution in [2.45, 2.75) is 24.7 Å². The monoisotopic (exact) mass is 303 g/mol. The van der Waals surface area contributed by atoms with Gasteiger partial charge >= 0.3 is 0 Å². The fourth-order valence-electron chi connectivity index (χ4n) is 1.78. The van der Waals surface area contributed by atoms with E-state index in [9.17, 15) is 8.42 Å². The third-order valence-electron chi connectivity index (χ3n) is 2.78. The Morgan fingerprint density at radius 2 is 2.00 bits per heavy atom. The first-order valence-electron chi connectivity index (χ1n) is 6.02. The summed E-state index contributed by atoms with van der Waals surface area (Å²) in [5, 5.41) is 8.39. The van der Waals surface area contributed by atoms with E-state index >= 15 is 0 Å². The molecule has 0 heterocycles. The molecule has 19 heavy (non-hydrogen) atoms. The lowest BCUT2D eigenvalue weighted by molar-refractivity contribution is 0.597. The fourth-order valence-corrected chi connectivity index (χ4v) is 3.11. The highest BCUT2D eigenvalue weighted by Gasteiger charge is 2.15. The first-order chi connectivity index (χ1) is 8.86. The van der Waals surface area contributed by atoms with Gasteiger partial charge < -0.3 is 11.1 Å². The van der Waals surface area contributed by atoms with Gasteiger partial charge in [0.2, 0.25) is 10.0 Å². The highest BCUT2D eigenvalue weighted by molar-refractivity contribution is 7.98. The zero-order chi connectivity index (χ0) is 14.5. The third kappa shape index (κ3) is 4.93. The molecule has 0 unspecified atom stereocenters. The zero-order valence-corrected chi connectivity index (χ0v) is 12.9. The minimum absolute atomic E-state index is 0.0825. The lowest BCUT2D eigenvalue weighted by Crippen LogP contribution is -2.15. The topological polar surface area (TPSA) is 98.2 Å². The van der Waals surface area contributed by atoms with Crippen LogP contribution in [0.15, 0.2) is 17.0 Å². The second kappa shape index (κ2) is 7.02. The molecule has 0 aliphatic carbocycles. The summed E-state index contributed by atoms with van der Waals surface area (Å²) >= 11 is 1.82. The van der Waals surface area contributed by atoms with E-state index in [1.165, 1.54) is 6.07 Å². The van der Waals surface area contributed by atoms with E-state index in [0.717, 1.165) is 30.8 Å². The van der Waals surface area contributed by atoms with Crippen LogP contribution >= 0.6 is 11.8 Å². The summed E-state index contributed by atoms with van der Waals surface area (Å²) in [7, 11) is -3.74. The van der Waals surface area contributed by atoms with E-state index in [2.05, 4.69) is 11.6 Å². The van der Waals surface area contributed by atoms with E-state index in [1.807, 2.05) is 11.8 Å². The Kier molecular flexibility index (Phi) is 5.96. The highest BCUT2D eigenvalue weighted by atomic mass is 32.2. The SMILES string of the molecule is CSCCCCNc1cc(N)cc(S(N)(=O)=O)c1C. The number of nitrogen functional groups attached to an aromatic ring is 1. The number of nitrogens with two attached hydrogens (primary N) is 2. The molecule has 0 fully saturated rings. The summed E-state index contributed by atoms with van der Waals surface area (Å²) in [4.78, 5) is 0.0825. The molecule has 1 aromatic rings. The van der Waals surface area contributed by atoms with Crippen molar-refractivity contribution in [3.05, 3.63) is 17.7 Å². The van der Waals surface area contributed by atoms with Crippen molar-refractivity contribution in [3.63, 3.8) is 0 Å². The molecule has 0 aromatic heterocycles.